The molecule has 2 nitrogen and oxygen atoms in total. The number of hydrogen-bond acceptors (Lipinski definition) is 2. The predicted octanol–water partition coefficient (Wildman–Crippen LogP) is 2.18. The van der Waals surface area contributed by atoms with Gasteiger partial charge in [-0.2, -0.15) is 0 Å². The lowest BCUT2D eigenvalue weighted by Crippen LogP contribution is -1.97. The third kappa shape index (κ3) is 2.22. The molecule has 1 aromatic heterocycles. The molecule has 0 aliphatic heterocycles. The van der Waals surface area contributed by atoms with Gasteiger partial charge in [-0.15, -0.1) is 0 Å². The first-order valence-corrected chi connectivity index (χ1v) is 3.89. The highest BCUT2D eigenvalue weighted by molar-refractivity contribution is 5.25. The Morgan fingerprint density at radius 3 is 3.00 bits per heavy atom. The van der Waals surface area contributed by atoms with Gasteiger partial charge in [0, 0.05) is 6.20 Å². The number of rotatable bonds is 3. The number of nitrogens with zero attached hydrogens (tertiary/aromatic N) is 1. The van der Waals surface area contributed by atoms with E-state index in [1.165, 1.54) is 0 Å². The van der Waals surface area contributed by atoms with Gasteiger partial charge in [0.2, 0.25) is 0 Å². The first-order chi connectivity index (χ1) is 5.34. The molecule has 11 heavy (non-hydrogen) atoms. The highest BCUT2D eigenvalue weighted by Crippen LogP contribution is 2.13. The Morgan fingerprint density at radius 1 is 1.55 bits per heavy atom. The summed E-state index contributed by atoms with van der Waals surface area (Å²) in [5.74, 6) is 0.898. The number of aryl methyl sites for hydroxylation is 1. The molecule has 0 spiro atoms. The van der Waals surface area contributed by atoms with Crippen LogP contribution in [0.1, 0.15) is 19.0 Å². The maximum absolute atomic E-state index is 5.42. The van der Waals surface area contributed by atoms with Crippen molar-refractivity contribution in [2.24, 2.45) is 0 Å². The molecule has 0 aliphatic rings. The number of aromatic nitrogens is 1. The minimum atomic E-state index is 0.770. The fourth-order valence-corrected chi connectivity index (χ4v) is 0.834. The smallest absolute Gasteiger partial charge is 0.140 e. The van der Waals surface area contributed by atoms with Crippen LogP contribution in [0, 0.1) is 6.92 Å². The zero-order valence-electron chi connectivity index (χ0n) is 7.00. The summed E-state index contributed by atoms with van der Waals surface area (Å²) in [5, 5.41) is 0. The Morgan fingerprint density at radius 2 is 2.36 bits per heavy atom. The van der Waals surface area contributed by atoms with Crippen LogP contribution in [0.15, 0.2) is 18.3 Å². The van der Waals surface area contributed by atoms with Crippen molar-refractivity contribution in [2.75, 3.05) is 6.61 Å². The van der Waals surface area contributed by atoms with Crippen LogP contribution in [-0.4, -0.2) is 11.6 Å². The van der Waals surface area contributed by atoms with Crippen LogP contribution in [0.2, 0.25) is 0 Å². The maximum Gasteiger partial charge on any atom is 0.140 e. The minimum absolute atomic E-state index is 0.770. The second-order valence-corrected chi connectivity index (χ2v) is 2.44. The standard InChI is InChI=1S/C9H13NO/c1-3-7-11-9-5-4-6-10-8(9)2/h4-6H,3,7H2,1-2H3. The number of pyridine rings is 1. The normalized spacial score (nSPS) is 9.64. The van der Waals surface area contributed by atoms with Crippen molar-refractivity contribution >= 4 is 0 Å². The van der Waals surface area contributed by atoms with Crippen molar-refractivity contribution in [3.05, 3.63) is 24.0 Å². The molecule has 0 amide bonds. The van der Waals surface area contributed by atoms with Gasteiger partial charge in [0.25, 0.3) is 0 Å². The molecule has 0 saturated heterocycles. The van der Waals surface area contributed by atoms with Crippen LogP contribution in [0.5, 0.6) is 5.75 Å². The molecule has 0 saturated carbocycles. The first kappa shape index (κ1) is 8.05. The molecule has 1 aromatic rings. The summed E-state index contributed by atoms with van der Waals surface area (Å²) in [6.45, 7) is 4.81. The molecule has 0 aromatic carbocycles. The van der Waals surface area contributed by atoms with Gasteiger partial charge in [-0.3, -0.25) is 4.98 Å². The summed E-state index contributed by atoms with van der Waals surface area (Å²) >= 11 is 0. The molecule has 0 N–H and O–H groups in total. The molecule has 2 heteroatoms. The minimum Gasteiger partial charge on any atom is -0.492 e. The van der Waals surface area contributed by atoms with Crippen molar-refractivity contribution in [3.63, 3.8) is 0 Å². The van der Waals surface area contributed by atoms with Crippen molar-refractivity contribution in [1.82, 2.24) is 4.98 Å². The Labute approximate surface area is 67.2 Å². The average molecular weight is 151 g/mol. The molecule has 0 atom stereocenters. The molecule has 1 heterocycles. The highest BCUT2D eigenvalue weighted by atomic mass is 16.5. The number of ether oxygens (including phenoxy) is 1. The van der Waals surface area contributed by atoms with Crippen LogP contribution in [0.4, 0.5) is 0 Å². The molecular weight excluding hydrogens is 138 g/mol. The first-order valence-electron chi connectivity index (χ1n) is 3.89. The fraction of sp³-hybridized carbons (Fsp3) is 0.444. The van der Waals surface area contributed by atoms with Crippen molar-refractivity contribution in [3.8, 4) is 5.75 Å². The van der Waals surface area contributed by atoms with E-state index in [4.69, 9.17) is 4.74 Å². The third-order valence-electron chi connectivity index (χ3n) is 1.42. The SMILES string of the molecule is CCCOc1cccnc1C. The summed E-state index contributed by atoms with van der Waals surface area (Å²) in [7, 11) is 0. The lowest BCUT2D eigenvalue weighted by Gasteiger charge is -2.05. The summed E-state index contributed by atoms with van der Waals surface area (Å²) in [6, 6.07) is 3.83. The van der Waals surface area contributed by atoms with Crippen LogP contribution in [0.25, 0.3) is 0 Å². The molecule has 0 aliphatic carbocycles. The van der Waals surface area contributed by atoms with E-state index in [2.05, 4.69) is 11.9 Å². The van der Waals surface area contributed by atoms with E-state index in [-0.39, 0.29) is 0 Å². The second kappa shape index (κ2) is 3.96. The van der Waals surface area contributed by atoms with E-state index in [0.29, 0.717) is 0 Å². The zero-order chi connectivity index (χ0) is 8.10. The lowest BCUT2D eigenvalue weighted by molar-refractivity contribution is 0.314. The fourth-order valence-electron chi connectivity index (χ4n) is 0.834. The molecule has 0 unspecified atom stereocenters. The lowest BCUT2D eigenvalue weighted by atomic mass is 10.3. The average Bonchev–Trinajstić information content (AvgIpc) is 2.03. The quantitative estimate of drug-likeness (QED) is 0.660. The van der Waals surface area contributed by atoms with Gasteiger partial charge in [-0.05, 0) is 25.5 Å². The molecule has 0 fully saturated rings. The summed E-state index contributed by atoms with van der Waals surface area (Å²) in [4.78, 5) is 4.11. The van der Waals surface area contributed by atoms with Crippen molar-refractivity contribution < 1.29 is 4.74 Å². The van der Waals surface area contributed by atoms with Crippen molar-refractivity contribution in [2.45, 2.75) is 20.3 Å². The molecule has 60 valence electrons. The molecule has 1 rings (SSSR count). The Kier molecular flexibility index (Phi) is 2.90. The van der Waals surface area contributed by atoms with Gasteiger partial charge in [0.05, 0.1) is 12.3 Å². The van der Waals surface area contributed by atoms with Crippen molar-refractivity contribution in [1.29, 1.82) is 0 Å². The van der Waals surface area contributed by atoms with E-state index >= 15 is 0 Å². The topological polar surface area (TPSA) is 22.1 Å². The van der Waals surface area contributed by atoms with Gasteiger partial charge in [0.1, 0.15) is 5.75 Å². The largest absolute Gasteiger partial charge is 0.492 e. The van der Waals surface area contributed by atoms with Crippen LogP contribution in [-0.2, 0) is 0 Å². The summed E-state index contributed by atoms with van der Waals surface area (Å²) < 4.78 is 5.42. The summed E-state index contributed by atoms with van der Waals surface area (Å²) in [6.07, 6.45) is 2.81. The maximum atomic E-state index is 5.42. The van der Waals surface area contributed by atoms with Gasteiger partial charge >= 0.3 is 0 Å². The monoisotopic (exact) mass is 151 g/mol. The highest BCUT2D eigenvalue weighted by Gasteiger charge is 1.95. The molecule has 0 radical (unpaired) electrons. The zero-order valence-corrected chi connectivity index (χ0v) is 7.00. The Hall–Kier alpha value is -1.05. The molecule has 0 bridgehead atoms. The van der Waals surface area contributed by atoms with Gasteiger partial charge < -0.3 is 4.74 Å². The van der Waals surface area contributed by atoms with E-state index in [1.54, 1.807) is 6.20 Å². The Bertz CT molecular complexity index is 223. The molecular formula is C9H13NO. The summed E-state index contributed by atoms with van der Waals surface area (Å²) in [5.41, 5.74) is 0.959. The van der Waals surface area contributed by atoms with E-state index in [9.17, 15) is 0 Å². The van der Waals surface area contributed by atoms with Gasteiger partial charge in [-0.1, -0.05) is 6.92 Å². The number of hydrogen-bond donors (Lipinski definition) is 0. The second-order valence-electron chi connectivity index (χ2n) is 2.44. The third-order valence-corrected chi connectivity index (χ3v) is 1.42. The van der Waals surface area contributed by atoms with Crippen LogP contribution < -0.4 is 4.74 Å². The van der Waals surface area contributed by atoms with Crippen LogP contribution >= 0.6 is 0 Å². The predicted molar refractivity (Wildman–Crippen MR) is 44.8 cm³/mol. The van der Waals surface area contributed by atoms with E-state index in [0.717, 1.165) is 24.5 Å². The van der Waals surface area contributed by atoms with Gasteiger partial charge in [-0.25, -0.2) is 0 Å². The Balaban J connectivity index is 2.62. The van der Waals surface area contributed by atoms with Crippen LogP contribution in [0.3, 0.4) is 0 Å². The van der Waals surface area contributed by atoms with Gasteiger partial charge in [0.15, 0.2) is 0 Å². The van der Waals surface area contributed by atoms with E-state index < -0.39 is 0 Å². The van der Waals surface area contributed by atoms with E-state index in [1.807, 2.05) is 19.1 Å².